The van der Waals surface area contributed by atoms with E-state index in [1.54, 1.807) is 67.0 Å². The van der Waals surface area contributed by atoms with Gasteiger partial charge in [-0.05, 0) is 48.0 Å². The second-order valence-electron chi connectivity index (χ2n) is 5.63. The van der Waals surface area contributed by atoms with Crippen molar-refractivity contribution in [2.75, 3.05) is 5.32 Å². The smallest absolute Gasteiger partial charge is 0.272 e. The van der Waals surface area contributed by atoms with Gasteiger partial charge in [-0.1, -0.05) is 46.3 Å². The van der Waals surface area contributed by atoms with Crippen LogP contribution in [0.15, 0.2) is 89.3 Å². The Morgan fingerprint density at radius 2 is 1.78 bits per heavy atom. The van der Waals surface area contributed by atoms with Crippen molar-refractivity contribution in [3.63, 3.8) is 0 Å². The lowest BCUT2D eigenvalue weighted by atomic mass is 10.2. The average Bonchev–Trinajstić information content (AvgIpc) is 2.69. The van der Waals surface area contributed by atoms with Crippen LogP contribution in [0, 0.1) is 0 Å². The molecule has 2 N–H and O–H groups in total. The Hall–Kier alpha value is -3.25. The normalized spacial score (nSPS) is 10.9. The molecule has 0 aliphatic heterocycles. The van der Waals surface area contributed by atoms with Crippen LogP contribution >= 0.6 is 15.9 Å². The summed E-state index contributed by atoms with van der Waals surface area (Å²) in [6.45, 7) is 0. The van der Waals surface area contributed by atoms with Gasteiger partial charge in [0.05, 0.1) is 0 Å². The topological polar surface area (TPSA) is 71.1 Å². The molecule has 5 nitrogen and oxygen atoms in total. The lowest BCUT2D eigenvalue weighted by molar-refractivity contribution is -0.113. The number of pyridine rings is 1. The van der Waals surface area contributed by atoms with Gasteiger partial charge in [0, 0.05) is 28.1 Å². The van der Waals surface area contributed by atoms with E-state index in [0.29, 0.717) is 16.8 Å². The highest BCUT2D eigenvalue weighted by atomic mass is 79.9. The van der Waals surface area contributed by atoms with E-state index in [9.17, 15) is 9.59 Å². The number of nitrogens with zero attached hydrogens (tertiary/aromatic N) is 1. The molecule has 0 aliphatic rings. The van der Waals surface area contributed by atoms with Crippen molar-refractivity contribution < 1.29 is 9.59 Å². The number of hydrogen-bond acceptors (Lipinski definition) is 3. The van der Waals surface area contributed by atoms with Crippen molar-refractivity contribution in [1.29, 1.82) is 0 Å². The van der Waals surface area contributed by atoms with Crippen molar-refractivity contribution >= 4 is 39.5 Å². The van der Waals surface area contributed by atoms with Gasteiger partial charge in [0.15, 0.2) is 0 Å². The predicted molar refractivity (Wildman–Crippen MR) is 109 cm³/mol. The third-order valence-corrected chi connectivity index (χ3v) is 4.10. The fraction of sp³-hybridized carbons (Fsp3) is 0. The molecule has 0 bridgehead atoms. The van der Waals surface area contributed by atoms with Gasteiger partial charge >= 0.3 is 0 Å². The van der Waals surface area contributed by atoms with Crippen molar-refractivity contribution in [3.05, 3.63) is 100 Å². The second kappa shape index (κ2) is 8.91. The molecule has 2 amide bonds. The van der Waals surface area contributed by atoms with Crippen molar-refractivity contribution in [2.24, 2.45) is 0 Å². The summed E-state index contributed by atoms with van der Waals surface area (Å²) in [5, 5.41) is 5.47. The number of carbonyl (C=O) groups excluding carboxylic acids is 2. The Bertz CT molecular complexity index is 973. The number of rotatable bonds is 5. The van der Waals surface area contributed by atoms with Crippen LogP contribution in [0.4, 0.5) is 5.69 Å². The minimum Gasteiger partial charge on any atom is -0.321 e. The maximum absolute atomic E-state index is 12.8. The van der Waals surface area contributed by atoms with Gasteiger partial charge in [-0.3, -0.25) is 14.6 Å². The first-order chi connectivity index (χ1) is 13.1. The highest BCUT2D eigenvalue weighted by Gasteiger charge is 2.15. The molecule has 134 valence electrons. The molecule has 0 unspecified atom stereocenters. The van der Waals surface area contributed by atoms with Gasteiger partial charge in [0.2, 0.25) is 0 Å². The minimum absolute atomic E-state index is 0.122. The van der Waals surface area contributed by atoms with Gasteiger partial charge in [0.25, 0.3) is 11.8 Å². The zero-order valence-electron chi connectivity index (χ0n) is 14.2. The summed E-state index contributed by atoms with van der Waals surface area (Å²) >= 11 is 3.37. The number of carbonyl (C=O) groups is 2. The summed E-state index contributed by atoms with van der Waals surface area (Å²) in [6.07, 6.45) is 4.84. The van der Waals surface area contributed by atoms with Crippen LogP contribution in [0.5, 0.6) is 0 Å². The van der Waals surface area contributed by atoms with Crippen LogP contribution in [0.25, 0.3) is 6.08 Å². The monoisotopic (exact) mass is 421 g/mol. The quantitative estimate of drug-likeness (QED) is 0.604. The highest BCUT2D eigenvalue weighted by Crippen LogP contribution is 2.16. The van der Waals surface area contributed by atoms with Gasteiger partial charge in [0.1, 0.15) is 5.70 Å². The van der Waals surface area contributed by atoms with Crippen LogP contribution in [-0.2, 0) is 4.79 Å². The van der Waals surface area contributed by atoms with E-state index < -0.39 is 5.91 Å². The molecule has 0 aliphatic carbocycles. The zero-order chi connectivity index (χ0) is 19.1. The summed E-state index contributed by atoms with van der Waals surface area (Å²) in [4.78, 5) is 29.3. The average molecular weight is 422 g/mol. The molecule has 1 aromatic heterocycles. The summed E-state index contributed by atoms with van der Waals surface area (Å²) in [6, 6.07) is 19.5. The molecule has 3 aromatic rings. The Balaban J connectivity index is 1.86. The molecule has 0 atom stereocenters. The van der Waals surface area contributed by atoms with E-state index in [1.165, 1.54) is 0 Å². The molecule has 1 heterocycles. The number of aromatic nitrogens is 1. The second-order valence-corrected chi connectivity index (χ2v) is 6.54. The molecule has 0 saturated heterocycles. The maximum atomic E-state index is 12.8. The van der Waals surface area contributed by atoms with Crippen LogP contribution in [-0.4, -0.2) is 16.8 Å². The Kier molecular flexibility index (Phi) is 6.12. The minimum atomic E-state index is -0.429. The first-order valence-electron chi connectivity index (χ1n) is 8.17. The van der Waals surface area contributed by atoms with Crippen LogP contribution < -0.4 is 10.6 Å². The van der Waals surface area contributed by atoms with Gasteiger partial charge < -0.3 is 10.6 Å². The Morgan fingerprint density at radius 3 is 2.48 bits per heavy atom. The third kappa shape index (κ3) is 5.36. The third-order valence-electron chi connectivity index (χ3n) is 3.61. The van der Waals surface area contributed by atoms with Gasteiger partial charge in [-0.2, -0.15) is 0 Å². The molecule has 0 radical (unpaired) electrons. The number of anilines is 1. The van der Waals surface area contributed by atoms with E-state index in [1.807, 2.05) is 18.2 Å². The Labute approximate surface area is 165 Å². The number of benzene rings is 2. The fourth-order valence-electron chi connectivity index (χ4n) is 2.34. The van der Waals surface area contributed by atoms with Crippen molar-refractivity contribution in [1.82, 2.24) is 10.3 Å². The summed E-state index contributed by atoms with van der Waals surface area (Å²) < 4.78 is 0.839. The van der Waals surface area contributed by atoms with E-state index in [2.05, 4.69) is 31.5 Å². The molecular formula is C21H16BrN3O2. The SMILES string of the molecule is O=C(Nc1cccc(Br)c1)/C(=C\c1cccnc1)NC(=O)c1ccccc1. The van der Waals surface area contributed by atoms with Gasteiger partial charge in [-0.25, -0.2) is 0 Å². The number of amides is 2. The standard InChI is InChI=1S/C21H16BrN3O2/c22-17-9-4-10-18(13-17)24-21(27)19(12-15-6-5-11-23-14-15)25-20(26)16-7-2-1-3-8-16/h1-14H,(H,24,27)(H,25,26)/b19-12+. The summed E-state index contributed by atoms with van der Waals surface area (Å²) in [7, 11) is 0. The fourth-order valence-corrected chi connectivity index (χ4v) is 2.73. The molecule has 27 heavy (non-hydrogen) atoms. The molecule has 6 heteroatoms. The molecule has 3 rings (SSSR count). The summed E-state index contributed by atoms with van der Waals surface area (Å²) in [5.41, 5.74) is 1.90. The predicted octanol–water partition coefficient (Wildman–Crippen LogP) is 4.25. The largest absolute Gasteiger partial charge is 0.321 e. The lowest BCUT2D eigenvalue weighted by Crippen LogP contribution is -2.30. The first kappa shape index (κ1) is 18.5. The molecule has 0 fully saturated rings. The highest BCUT2D eigenvalue weighted by molar-refractivity contribution is 9.10. The Morgan fingerprint density at radius 1 is 0.963 bits per heavy atom. The van der Waals surface area contributed by atoms with E-state index in [-0.39, 0.29) is 11.6 Å². The van der Waals surface area contributed by atoms with Crippen LogP contribution in [0.3, 0.4) is 0 Å². The first-order valence-corrected chi connectivity index (χ1v) is 8.96. The van der Waals surface area contributed by atoms with Gasteiger partial charge in [-0.15, -0.1) is 0 Å². The van der Waals surface area contributed by atoms with Crippen LogP contribution in [0.2, 0.25) is 0 Å². The molecule has 2 aromatic carbocycles. The molecule has 0 spiro atoms. The number of hydrogen-bond donors (Lipinski definition) is 2. The maximum Gasteiger partial charge on any atom is 0.272 e. The molecule has 0 saturated carbocycles. The van der Waals surface area contributed by atoms with Crippen LogP contribution in [0.1, 0.15) is 15.9 Å². The lowest BCUT2D eigenvalue weighted by Gasteiger charge is -2.11. The molecular weight excluding hydrogens is 406 g/mol. The number of nitrogens with one attached hydrogen (secondary N) is 2. The van der Waals surface area contributed by atoms with Crippen molar-refractivity contribution in [2.45, 2.75) is 0 Å². The van der Waals surface area contributed by atoms with Crippen molar-refractivity contribution in [3.8, 4) is 0 Å². The van der Waals surface area contributed by atoms with E-state index in [0.717, 1.165) is 4.47 Å². The summed E-state index contributed by atoms with van der Waals surface area (Å²) in [5.74, 6) is -0.795. The van der Waals surface area contributed by atoms with E-state index in [4.69, 9.17) is 0 Å². The van der Waals surface area contributed by atoms with E-state index >= 15 is 0 Å². The number of halogens is 1. The zero-order valence-corrected chi connectivity index (χ0v) is 15.8.